The molecule has 9 nitrogen and oxygen atoms in total. The number of carbonyl (C=O) groups excluding carboxylic acids is 1. The van der Waals surface area contributed by atoms with Crippen molar-refractivity contribution in [3.8, 4) is 0 Å². The standard InChI is InChI=1S/C68H123NO8/c1-3-5-7-9-11-13-15-17-19-21-23-25-26-27-28-29-30-31-32-33-34-35-36-38-39-41-43-45-47-49-51-53-55-57-62(71)61(60-76-68-67(75)66(74)65(73)63(59-70)77-68)69-64(72)58-56-54-52-50-48-46-44-42-40-37-24-22-20-18-16-14-12-10-8-6-4-2/h6,8,12,14,18,20,24,37,42,44,55,57,61-63,65-68,70-71,73-75H,3-5,7,9-11,13,15-17,19,21-23,25-36,38-41,43,45-54,56,58-60H2,1-2H3,(H,69,72)/b8-6-,14-12-,20-18-,37-24-,44-42-,57-55+. The van der Waals surface area contributed by atoms with Crippen molar-refractivity contribution >= 4 is 5.91 Å². The summed E-state index contributed by atoms with van der Waals surface area (Å²) in [5, 5.41) is 54.6. The van der Waals surface area contributed by atoms with Gasteiger partial charge in [0.15, 0.2) is 6.29 Å². The van der Waals surface area contributed by atoms with E-state index < -0.39 is 49.5 Å². The summed E-state index contributed by atoms with van der Waals surface area (Å²) in [7, 11) is 0. The lowest BCUT2D eigenvalue weighted by Gasteiger charge is -2.40. The summed E-state index contributed by atoms with van der Waals surface area (Å²) < 4.78 is 11.3. The molecular formula is C68H123NO8. The molecule has 1 fully saturated rings. The van der Waals surface area contributed by atoms with Crippen LogP contribution in [-0.4, -0.2) is 87.5 Å². The van der Waals surface area contributed by atoms with Crippen LogP contribution in [0.15, 0.2) is 72.9 Å². The van der Waals surface area contributed by atoms with E-state index in [9.17, 15) is 30.3 Å². The van der Waals surface area contributed by atoms with Crippen LogP contribution in [0.25, 0.3) is 0 Å². The van der Waals surface area contributed by atoms with Crippen molar-refractivity contribution in [3.05, 3.63) is 72.9 Å². The number of amides is 1. The third kappa shape index (κ3) is 46.0. The van der Waals surface area contributed by atoms with Gasteiger partial charge in [0.1, 0.15) is 24.4 Å². The van der Waals surface area contributed by atoms with E-state index in [0.29, 0.717) is 6.42 Å². The van der Waals surface area contributed by atoms with Gasteiger partial charge in [-0.2, -0.15) is 0 Å². The van der Waals surface area contributed by atoms with Gasteiger partial charge in [-0.15, -0.1) is 0 Å². The van der Waals surface area contributed by atoms with E-state index in [2.05, 4.69) is 79.9 Å². The fourth-order valence-electron chi connectivity index (χ4n) is 10.2. The number of hydrogen-bond acceptors (Lipinski definition) is 8. The molecule has 1 heterocycles. The molecule has 1 rings (SSSR count). The SMILES string of the molecule is CC/C=C\C/C=C\C/C=C\C/C=C\C/C=C\CCCCCCCC(=O)NC(COC1OC(CO)C(O)C(O)C1O)C(O)/C=C/CCCCCCCCCCCCCCCCCCCCCCCCCCCCCCCCC. The summed E-state index contributed by atoms with van der Waals surface area (Å²) in [4.78, 5) is 13.1. The number of nitrogens with one attached hydrogen (secondary N) is 1. The topological polar surface area (TPSA) is 149 Å². The maximum atomic E-state index is 13.1. The molecule has 1 aliphatic heterocycles. The second-order valence-electron chi connectivity index (χ2n) is 22.5. The van der Waals surface area contributed by atoms with Crippen LogP contribution >= 0.6 is 0 Å². The second-order valence-corrected chi connectivity index (χ2v) is 22.5. The van der Waals surface area contributed by atoms with Gasteiger partial charge in [-0.25, -0.2) is 0 Å². The molecular weight excluding hydrogens is 959 g/mol. The Morgan fingerprint density at radius 2 is 0.805 bits per heavy atom. The minimum atomic E-state index is -1.58. The van der Waals surface area contributed by atoms with Gasteiger partial charge in [-0.1, -0.05) is 299 Å². The third-order valence-corrected chi connectivity index (χ3v) is 15.3. The van der Waals surface area contributed by atoms with Gasteiger partial charge in [0.25, 0.3) is 0 Å². The number of unbranched alkanes of at least 4 members (excludes halogenated alkanes) is 36. The number of rotatable bonds is 56. The van der Waals surface area contributed by atoms with Gasteiger partial charge in [0.2, 0.25) is 5.91 Å². The molecule has 0 aromatic rings. The number of hydrogen-bond donors (Lipinski definition) is 6. The molecule has 7 atom stereocenters. The number of ether oxygens (including phenoxy) is 2. The molecule has 0 radical (unpaired) electrons. The Balaban J connectivity index is 2.16. The van der Waals surface area contributed by atoms with Crippen LogP contribution in [0.1, 0.15) is 296 Å². The first kappa shape index (κ1) is 72.6. The Labute approximate surface area is 474 Å². The highest BCUT2D eigenvalue weighted by atomic mass is 16.7. The monoisotopic (exact) mass is 1080 g/mol. The zero-order chi connectivity index (χ0) is 55.8. The van der Waals surface area contributed by atoms with Crippen LogP contribution in [-0.2, 0) is 14.3 Å². The summed E-state index contributed by atoms with van der Waals surface area (Å²) in [6.07, 6.45) is 72.8. The first-order chi connectivity index (χ1) is 37.8. The summed E-state index contributed by atoms with van der Waals surface area (Å²) >= 11 is 0. The predicted octanol–water partition coefficient (Wildman–Crippen LogP) is 17.2. The molecule has 6 N–H and O–H groups in total. The minimum Gasteiger partial charge on any atom is -0.394 e. The van der Waals surface area contributed by atoms with Crippen molar-refractivity contribution in [2.45, 2.75) is 339 Å². The van der Waals surface area contributed by atoms with Crippen LogP contribution in [0.3, 0.4) is 0 Å². The molecule has 0 aromatic carbocycles. The van der Waals surface area contributed by atoms with E-state index in [-0.39, 0.29) is 12.5 Å². The summed E-state index contributed by atoms with van der Waals surface area (Å²) in [5.74, 6) is -0.195. The fraction of sp³-hybridized carbons (Fsp3) is 0.809. The molecule has 1 aliphatic rings. The van der Waals surface area contributed by atoms with Gasteiger partial charge >= 0.3 is 0 Å². The van der Waals surface area contributed by atoms with Crippen LogP contribution in [0, 0.1) is 0 Å². The molecule has 77 heavy (non-hydrogen) atoms. The lowest BCUT2D eigenvalue weighted by atomic mass is 9.99. The predicted molar refractivity (Wildman–Crippen MR) is 327 cm³/mol. The fourth-order valence-corrected chi connectivity index (χ4v) is 10.2. The Bertz CT molecular complexity index is 1440. The van der Waals surface area contributed by atoms with Gasteiger partial charge in [-0.05, 0) is 64.2 Å². The van der Waals surface area contributed by atoms with Gasteiger partial charge in [0.05, 0.1) is 25.4 Å². The Morgan fingerprint density at radius 1 is 0.455 bits per heavy atom. The molecule has 1 amide bonds. The number of aliphatic hydroxyl groups is 5. The van der Waals surface area contributed by atoms with Crippen molar-refractivity contribution in [2.75, 3.05) is 13.2 Å². The minimum absolute atomic E-state index is 0.195. The van der Waals surface area contributed by atoms with Gasteiger partial charge in [-0.3, -0.25) is 4.79 Å². The van der Waals surface area contributed by atoms with Gasteiger partial charge in [0, 0.05) is 6.42 Å². The van der Waals surface area contributed by atoms with Gasteiger partial charge < -0.3 is 40.3 Å². The highest BCUT2D eigenvalue weighted by Crippen LogP contribution is 2.23. The molecule has 448 valence electrons. The number of allylic oxidation sites excluding steroid dienone is 11. The van der Waals surface area contributed by atoms with E-state index >= 15 is 0 Å². The van der Waals surface area contributed by atoms with E-state index in [1.807, 2.05) is 6.08 Å². The molecule has 0 spiro atoms. The highest BCUT2D eigenvalue weighted by molar-refractivity contribution is 5.76. The first-order valence-corrected chi connectivity index (χ1v) is 32.7. The molecule has 0 bridgehead atoms. The van der Waals surface area contributed by atoms with Crippen LogP contribution in [0.5, 0.6) is 0 Å². The average molecular weight is 1080 g/mol. The Kier molecular flexibility index (Phi) is 53.7. The van der Waals surface area contributed by atoms with Crippen LogP contribution < -0.4 is 5.32 Å². The first-order valence-electron chi connectivity index (χ1n) is 32.7. The zero-order valence-corrected chi connectivity index (χ0v) is 50.0. The maximum Gasteiger partial charge on any atom is 0.220 e. The molecule has 1 saturated heterocycles. The van der Waals surface area contributed by atoms with Crippen molar-refractivity contribution < 1.29 is 39.8 Å². The summed E-state index contributed by atoms with van der Waals surface area (Å²) in [6, 6.07) is -0.821. The van der Waals surface area contributed by atoms with E-state index in [1.165, 1.54) is 186 Å². The van der Waals surface area contributed by atoms with Crippen LogP contribution in [0.2, 0.25) is 0 Å². The summed E-state index contributed by atoms with van der Waals surface area (Å²) in [5.41, 5.74) is 0. The highest BCUT2D eigenvalue weighted by Gasteiger charge is 2.44. The Morgan fingerprint density at radius 3 is 1.19 bits per heavy atom. The third-order valence-electron chi connectivity index (χ3n) is 15.3. The largest absolute Gasteiger partial charge is 0.394 e. The Hall–Kier alpha value is -2.37. The van der Waals surface area contributed by atoms with E-state index in [0.717, 1.165) is 89.9 Å². The quantitative estimate of drug-likeness (QED) is 0.0261. The number of aliphatic hydroxyl groups excluding tert-OH is 5. The van der Waals surface area contributed by atoms with E-state index in [4.69, 9.17) is 9.47 Å². The molecule has 9 heteroatoms. The van der Waals surface area contributed by atoms with E-state index in [1.54, 1.807) is 6.08 Å². The lowest BCUT2D eigenvalue weighted by molar-refractivity contribution is -0.302. The van der Waals surface area contributed by atoms with Crippen molar-refractivity contribution in [3.63, 3.8) is 0 Å². The van der Waals surface area contributed by atoms with Crippen molar-refractivity contribution in [2.24, 2.45) is 0 Å². The molecule has 0 saturated carbocycles. The number of carbonyl (C=O) groups is 1. The van der Waals surface area contributed by atoms with Crippen molar-refractivity contribution in [1.29, 1.82) is 0 Å². The van der Waals surface area contributed by atoms with Crippen LogP contribution in [0.4, 0.5) is 0 Å². The zero-order valence-electron chi connectivity index (χ0n) is 50.0. The van der Waals surface area contributed by atoms with Crippen molar-refractivity contribution in [1.82, 2.24) is 5.32 Å². The summed E-state index contributed by atoms with van der Waals surface area (Å²) in [6.45, 7) is 3.68. The molecule has 0 aromatic heterocycles. The lowest BCUT2D eigenvalue weighted by Crippen LogP contribution is -2.60. The average Bonchev–Trinajstić information content (AvgIpc) is 3.43. The molecule has 7 unspecified atom stereocenters. The second kappa shape index (κ2) is 56.9. The maximum absolute atomic E-state index is 13.1. The smallest absolute Gasteiger partial charge is 0.220 e. The normalized spacial score (nSPS) is 19.2. The molecule has 0 aliphatic carbocycles.